The third kappa shape index (κ3) is 5.75. The topological polar surface area (TPSA) is 75.7 Å². The van der Waals surface area contributed by atoms with E-state index in [-0.39, 0.29) is 23.1 Å². The van der Waals surface area contributed by atoms with Crippen LogP contribution in [0.4, 0.5) is 5.69 Å². The number of ether oxygens (including phenoxy) is 1. The van der Waals surface area contributed by atoms with Gasteiger partial charge in [0.1, 0.15) is 17.2 Å². The summed E-state index contributed by atoms with van der Waals surface area (Å²) in [5, 5.41) is 2.83. The van der Waals surface area contributed by atoms with E-state index in [4.69, 9.17) is 4.74 Å². The van der Waals surface area contributed by atoms with Gasteiger partial charge >= 0.3 is 0 Å². The Morgan fingerprint density at radius 3 is 2.40 bits per heavy atom. The Morgan fingerprint density at radius 2 is 1.77 bits per heavy atom. The summed E-state index contributed by atoms with van der Waals surface area (Å²) in [5.74, 6) is -0.0858. The van der Waals surface area contributed by atoms with Gasteiger partial charge in [0.2, 0.25) is 5.91 Å². The lowest BCUT2D eigenvalue weighted by atomic mass is 10.1. The molecule has 7 heteroatoms. The maximum atomic E-state index is 13.6. The summed E-state index contributed by atoms with van der Waals surface area (Å²) in [5.41, 5.74) is 3.24. The van der Waals surface area contributed by atoms with Crippen molar-refractivity contribution >= 4 is 21.6 Å². The molecule has 0 saturated heterocycles. The van der Waals surface area contributed by atoms with Crippen molar-refractivity contribution in [3.63, 3.8) is 0 Å². The standard InChI is InChI=1S/C23H32N2O4S/c1-6-7-8-13-24-23(26)16-25(20-11-10-18(3)19(4)15-20)30(27,28)22-14-17(2)9-12-21(22)29-5/h9-12,14-15H,6-8,13,16H2,1-5H3,(H,24,26). The third-order valence-electron chi connectivity index (χ3n) is 5.06. The van der Waals surface area contributed by atoms with Crippen LogP contribution >= 0.6 is 0 Å². The molecule has 0 aliphatic rings. The van der Waals surface area contributed by atoms with Crippen molar-refractivity contribution < 1.29 is 17.9 Å². The van der Waals surface area contributed by atoms with Crippen molar-refractivity contribution in [2.75, 3.05) is 24.5 Å². The molecule has 30 heavy (non-hydrogen) atoms. The highest BCUT2D eigenvalue weighted by Crippen LogP contribution is 2.31. The van der Waals surface area contributed by atoms with E-state index in [0.29, 0.717) is 12.2 Å². The van der Waals surface area contributed by atoms with Gasteiger partial charge in [-0.05, 0) is 68.1 Å². The number of hydrogen-bond donors (Lipinski definition) is 1. The fourth-order valence-electron chi connectivity index (χ4n) is 3.09. The van der Waals surface area contributed by atoms with Crippen LogP contribution in [0.3, 0.4) is 0 Å². The lowest BCUT2D eigenvalue weighted by molar-refractivity contribution is -0.119. The maximum absolute atomic E-state index is 13.6. The molecule has 0 aromatic heterocycles. The molecular formula is C23H32N2O4S. The number of aryl methyl sites for hydroxylation is 3. The van der Waals surface area contributed by atoms with Gasteiger partial charge in [-0.15, -0.1) is 0 Å². The molecule has 0 fully saturated rings. The summed E-state index contributed by atoms with van der Waals surface area (Å²) >= 11 is 0. The van der Waals surface area contributed by atoms with Crippen LogP contribution in [0.1, 0.15) is 42.9 Å². The number of methoxy groups -OCH3 is 1. The number of carbonyl (C=O) groups excluding carboxylic acids is 1. The van der Waals surface area contributed by atoms with Gasteiger partial charge < -0.3 is 10.1 Å². The molecule has 0 heterocycles. The maximum Gasteiger partial charge on any atom is 0.268 e. The average molecular weight is 433 g/mol. The predicted molar refractivity (Wildman–Crippen MR) is 121 cm³/mol. The van der Waals surface area contributed by atoms with Gasteiger partial charge in [0.05, 0.1) is 12.8 Å². The first-order valence-corrected chi connectivity index (χ1v) is 11.7. The number of sulfonamides is 1. The molecule has 1 amide bonds. The number of carbonyl (C=O) groups is 1. The summed E-state index contributed by atoms with van der Waals surface area (Å²) in [4.78, 5) is 12.6. The highest BCUT2D eigenvalue weighted by Gasteiger charge is 2.30. The number of nitrogens with zero attached hydrogens (tertiary/aromatic N) is 1. The molecule has 0 saturated carbocycles. The first kappa shape index (κ1) is 23.7. The minimum absolute atomic E-state index is 0.0435. The summed E-state index contributed by atoms with van der Waals surface area (Å²) < 4.78 is 33.7. The van der Waals surface area contributed by atoms with Gasteiger partial charge in [0.15, 0.2) is 0 Å². The first-order chi connectivity index (χ1) is 14.2. The number of hydrogen-bond acceptors (Lipinski definition) is 4. The van der Waals surface area contributed by atoms with Crippen molar-refractivity contribution in [1.29, 1.82) is 0 Å². The monoisotopic (exact) mass is 432 g/mol. The van der Waals surface area contributed by atoms with E-state index in [2.05, 4.69) is 12.2 Å². The molecule has 0 unspecified atom stereocenters. The molecule has 0 bridgehead atoms. The Morgan fingerprint density at radius 1 is 1.03 bits per heavy atom. The van der Waals surface area contributed by atoms with Crippen LogP contribution in [0.2, 0.25) is 0 Å². The quantitative estimate of drug-likeness (QED) is 0.573. The van der Waals surface area contributed by atoms with Crippen molar-refractivity contribution in [3.05, 3.63) is 53.1 Å². The number of rotatable bonds is 10. The third-order valence-corrected chi connectivity index (χ3v) is 6.85. The van der Waals surface area contributed by atoms with Gasteiger partial charge in [-0.2, -0.15) is 0 Å². The highest BCUT2D eigenvalue weighted by molar-refractivity contribution is 7.93. The molecule has 0 aliphatic heterocycles. The molecule has 0 aliphatic carbocycles. The van der Waals surface area contributed by atoms with Crippen molar-refractivity contribution in [1.82, 2.24) is 5.32 Å². The first-order valence-electron chi connectivity index (χ1n) is 10.2. The fraction of sp³-hybridized carbons (Fsp3) is 0.435. The Labute approximate surface area is 180 Å². The van der Waals surface area contributed by atoms with Gasteiger partial charge in [-0.1, -0.05) is 31.9 Å². The van der Waals surface area contributed by atoms with Crippen LogP contribution in [-0.2, 0) is 14.8 Å². The Balaban J connectivity index is 2.46. The highest BCUT2D eigenvalue weighted by atomic mass is 32.2. The second-order valence-corrected chi connectivity index (χ2v) is 9.32. The largest absolute Gasteiger partial charge is 0.495 e. The molecule has 0 spiro atoms. The lowest BCUT2D eigenvalue weighted by Gasteiger charge is -2.25. The number of amides is 1. The van der Waals surface area contributed by atoms with Crippen LogP contribution in [0.25, 0.3) is 0 Å². The second-order valence-electron chi connectivity index (χ2n) is 7.49. The molecule has 2 aromatic rings. The minimum Gasteiger partial charge on any atom is -0.495 e. The Hall–Kier alpha value is -2.54. The van der Waals surface area contributed by atoms with Crippen molar-refractivity contribution in [2.45, 2.75) is 51.9 Å². The zero-order valence-corrected chi connectivity index (χ0v) is 19.3. The second kappa shape index (κ2) is 10.5. The number of nitrogens with one attached hydrogen (secondary N) is 1. The Kier molecular flexibility index (Phi) is 8.29. The van der Waals surface area contributed by atoms with E-state index in [0.717, 1.165) is 40.3 Å². The number of unbranched alkanes of at least 4 members (excludes halogenated alkanes) is 2. The molecular weight excluding hydrogens is 400 g/mol. The lowest BCUT2D eigenvalue weighted by Crippen LogP contribution is -2.41. The Bertz CT molecular complexity index is 987. The predicted octanol–water partition coefficient (Wildman–Crippen LogP) is 4.12. The summed E-state index contributed by atoms with van der Waals surface area (Å²) in [6.07, 6.45) is 2.93. The van der Waals surface area contributed by atoms with Gasteiger partial charge in [0.25, 0.3) is 10.0 Å². The molecule has 2 rings (SSSR count). The average Bonchev–Trinajstić information content (AvgIpc) is 2.71. The van der Waals surface area contributed by atoms with E-state index < -0.39 is 10.0 Å². The minimum atomic E-state index is -4.03. The molecule has 164 valence electrons. The van der Waals surface area contributed by atoms with Gasteiger partial charge in [-0.25, -0.2) is 8.42 Å². The summed E-state index contributed by atoms with van der Waals surface area (Å²) in [6.45, 7) is 8.02. The van der Waals surface area contributed by atoms with Crippen LogP contribution in [0, 0.1) is 20.8 Å². The number of anilines is 1. The smallest absolute Gasteiger partial charge is 0.268 e. The molecule has 2 aromatic carbocycles. The van der Waals surface area contributed by atoms with Gasteiger partial charge in [0, 0.05) is 6.54 Å². The summed E-state index contributed by atoms with van der Waals surface area (Å²) in [6, 6.07) is 10.4. The zero-order valence-electron chi connectivity index (χ0n) is 18.5. The van der Waals surface area contributed by atoms with E-state index in [9.17, 15) is 13.2 Å². The van der Waals surface area contributed by atoms with E-state index in [1.165, 1.54) is 7.11 Å². The van der Waals surface area contributed by atoms with Gasteiger partial charge in [-0.3, -0.25) is 9.10 Å². The molecule has 1 N–H and O–H groups in total. The van der Waals surface area contributed by atoms with Crippen molar-refractivity contribution in [3.8, 4) is 5.75 Å². The fourth-order valence-corrected chi connectivity index (χ4v) is 4.75. The number of benzene rings is 2. The zero-order chi connectivity index (χ0) is 22.3. The summed E-state index contributed by atoms with van der Waals surface area (Å²) in [7, 11) is -2.60. The normalized spacial score (nSPS) is 11.2. The van der Waals surface area contributed by atoms with E-state index >= 15 is 0 Å². The SMILES string of the molecule is CCCCCNC(=O)CN(c1ccc(C)c(C)c1)S(=O)(=O)c1cc(C)ccc1OC. The van der Waals surface area contributed by atoms with E-state index in [1.54, 1.807) is 30.3 Å². The van der Waals surface area contributed by atoms with Crippen molar-refractivity contribution in [2.24, 2.45) is 0 Å². The van der Waals surface area contributed by atoms with Crippen LogP contribution < -0.4 is 14.4 Å². The van der Waals surface area contributed by atoms with Crippen LogP contribution in [0.15, 0.2) is 41.3 Å². The molecule has 0 atom stereocenters. The molecule has 0 radical (unpaired) electrons. The van der Waals surface area contributed by atoms with Crippen LogP contribution in [0.5, 0.6) is 5.75 Å². The molecule has 6 nitrogen and oxygen atoms in total. The van der Waals surface area contributed by atoms with E-state index in [1.807, 2.05) is 26.8 Å². The van der Waals surface area contributed by atoms with Crippen LogP contribution in [-0.4, -0.2) is 34.5 Å².